The second-order valence-corrected chi connectivity index (χ2v) is 6.43. The Labute approximate surface area is 163 Å². The van der Waals surface area contributed by atoms with Crippen LogP contribution in [0.1, 0.15) is 34.6 Å². The lowest BCUT2D eigenvalue weighted by Gasteiger charge is -2.11. The lowest BCUT2D eigenvalue weighted by atomic mass is 10.1. The molecular weight excluding hydrogens is 354 g/mol. The monoisotopic (exact) mass is 375 g/mol. The first-order valence-corrected chi connectivity index (χ1v) is 8.93. The zero-order chi connectivity index (χ0) is 19.9. The van der Waals surface area contributed by atoms with E-state index in [1.807, 2.05) is 32.0 Å². The summed E-state index contributed by atoms with van der Waals surface area (Å²) in [5.74, 6) is 0.312. The number of nitrogens with zero attached hydrogens (tertiary/aromatic N) is 1. The number of carbonyl (C=O) groups excluding carboxylic acids is 2. The summed E-state index contributed by atoms with van der Waals surface area (Å²) < 4.78 is 5.73. The number of hydrogen-bond acceptors (Lipinski definition) is 4. The van der Waals surface area contributed by atoms with E-state index >= 15 is 0 Å². The van der Waals surface area contributed by atoms with Crippen LogP contribution in [-0.2, 0) is 0 Å². The van der Waals surface area contributed by atoms with E-state index in [1.54, 1.807) is 54.7 Å². The Morgan fingerprint density at radius 3 is 2.29 bits per heavy atom. The molecule has 0 atom stereocenters. The van der Waals surface area contributed by atoms with E-state index in [4.69, 9.17) is 4.74 Å². The number of rotatable bonds is 6. The summed E-state index contributed by atoms with van der Waals surface area (Å²) in [4.78, 5) is 28.8. The van der Waals surface area contributed by atoms with Gasteiger partial charge in [0.15, 0.2) is 0 Å². The molecular formula is C22H21N3O3. The average molecular weight is 375 g/mol. The molecule has 0 spiro atoms. The third kappa shape index (κ3) is 4.94. The Bertz CT molecular complexity index is 954. The Kier molecular flexibility index (Phi) is 6.01. The van der Waals surface area contributed by atoms with Crippen LogP contribution < -0.4 is 15.4 Å². The smallest absolute Gasteiger partial charge is 0.261 e. The molecule has 2 amide bonds. The molecule has 0 aliphatic rings. The number of para-hydroxylation sites is 1. The maximum absolute atomic E-state index is 12.7. The fraction of sp³-hybridized carbons (Fsp3) is 0.136. The summed E-state index contributed by atoms with van der Waals surface area (Å²) in [6.45, 7) is 3.80. The summed E-state index contributed by atoms with van der Waals surface area (Å²) in [6.07, 6.45) is 1.57. The van der Waals surface area contributed by atoms with Crippen LogP contribution in [0.5, 0.6) is 11.6 Å². The summed E-state index contributed by atoms with van der Waals surface area (Å²) in [5.41, 5.74) is 1.41. The van der Waals surface area contributed by atoms with Crippen molar-refractivity contribution >= 4 is 17.5 Å². The number of ether oxygens (including phenoxy) is 1. The Balaban J connectivity index is 1.72. The van der Waals surface area contributed by atoms with Crippen molar-refractivity contribution in [2.45, 2.75) is 19.9 Å². The van der Waals surface area contributed by atoms with E-state index in [0.717, 1.165) is 0 Å². The number of anilines is 1. The first kappa shape index (κ1) is 19.1. The molecule has 0 fully saturated rings. The van der Waals surface area contributed by atoms with Gasteiger partial charge < -0.3 is 15.4 Å². The van der Waals surface area contributed by atoms with Crippen molar-refractivity contribution in [3.8, 4) is 11.6 Å². The highest BCUT2D eigenvalue weighted by Crippen LogP contribution is 2.23. The van der Waals surface area contributed by atoms with Crippen LogP contribution in [0.4, 0.5) is 5.69 Å². The fourth-order valence-corrected chi connectivity index (χ4v) is 2.49. The van der Waals surface area contributed by atoms with Crippen LogP contribution in [0.25, 0.3) is 0 Å². The number of carbonyl (C=O) groups is 2. The molecule has 2 aromatic carbocycles. The zero-order valence-electron chi connectivity index (χ0n) is 15.7. The van der Waals surface area contributed by atoms with E-state index in [1.165, 1.54) is 0 Å². The topological polar surface area (TPSA) is 80.3 Å². The molecule has 0 saturated heterocycles. The van der Waals surface area contributed by atoms with E-state index < -0.39 is 0 Å². The number of amides is 2. The quantitative estimate of drug-likeness (QED) is 0.674. The minimum atomic E-state index is -0.349. The number of pyridine rings is 1. The molecule has 6 nitrogen and oxygen atoms in total. The SMILES string of the molecule is CC(C)NC(=O)c1ccc(NC(=O)c2cccnc2Oc2ccccc2)cc1. The summed E-state index contributed by atoms with van der Waals surface area (Å²) >= 11 is 0. The van der Waals surface area contributed by atoms with E-state index in [2.05, 4.69) is 15.6 Å². The van der Waals surface area contributed by atoms with Crippen molar-refractivity contribution in [3.05, 3.63) is 84.1 Å². The van der Waals surface area contributed by atoms with Crippen molar-refractivity contribution in [2.75, 3.05) is 5.32 Å². The highest BCUT2D eigenvalue weighted by molar-refractivity contribution is 6.06. The van der Waals surface area contributed by atoms with Gasteiger partial charge in [0.1, 0.15) is 11.3 Å². The lowest BCUT2D eigenvalue weighted by molar-refractivity contribution is 0.0942. The summed E-state index contributed by atoms with van der Waals surface area (Å²) in [7, 11) is 0. The average Bonchev–Trinajstić information content (AvgIpc) is 2.69. The van der Waals surface area contributed by atoms with Gasteiger partial charge in [-0.25, -0.2) is 4.98 Å². The van der Waals surface area contributed by atoms with Gasteiger partial charge in [-0.2, -0.15) is 0 Å². The van der Waals surface area contributed by atoms with Crippen LogP contribution in [0.15, 0.2) is 72.9 Å². The van der Waals surface area contributed by atoms with Crippen molar-refractivity contribution in [3.63, 3.8) is 0 Å². The van der Waals surface area contributed by atoms with E-state index in [-0.39, 0.29) is 23.7 Å². The van der Waals surface area contributed by atoms with Crippen LogP contribution in [0.3, 0.4) is 0 Å². The van der Waals surface area contributed by atoms with E-state index in [9.17, 15) is 9.59 Å². The maximum Gasteiger partial charge on any atom is 0.261 e. The Morgan fingerprint density at radius 1 is 0.893 bits per heavy atom. The van der Waals surface area contributed by atoms with Gasteiger partial charge in [0.25, 0.3) is 11.8 Å². The molecule has 0 bridgehead atoms. The first-order valence-electron chi connectivity index (χ1n) is 8.93. The minimum absolute atomic E-state index is 0.0560. The fourth-order valence-electron chi connectivity index (χ4n) is 2.49. The van der Waals surface area contributed by atoms with Crippen molar-refractivity contribution in [1.29, 1.82) is 0 Å². The molecule has 28 heavy (non-hydrogen) atoms. The van der Waals surface area contributed by atoms with Gasteiger partial charge in [-0.05, 0) is 62.4 Å². The second-order valence-electron chi connectivity index (χ2n) is 6.43. The maximum atomic E-state index is 12.7. The highest BCUT2D eigenvalue weighted by Gasteiger charge is 2.15. The van der Waals surface area contributed by atoms with Crippen LogP contribution >= 0.6 is 0 Å². The molecule has 0 unspecified atom stereocenters. The summed E-state index contributed by atoms with van der Waals surface area (Å²) in [5, 5.41) is 5.63. The third-order valence-electron chi connectivity index (χ3n) is 3.80. The van der Waals surface area contributed by atoms with Gasteiger partial charge in [0.2, 0.25) is 5.88 Å². The molecule has 0 aliphatic carbocycles. The predicted molar refractivity (Wildman–Crippen MR) is 108 cm³/mol. The van der Waals surface area contributed by atoms with Gasteiger partial charge in [0, 0.05) is 23.5 Å². The summed E-state index contributed by atoms with van der Waals surface area (Å²) in [6, 6.07) is 19.2. The minimum Gasteiger partial charge on any atom is -0.438 e. The molecule has 1 aromatic heterocycles. The van der Waals surface area contributed by atoms with Crippen molar-refractivity contribution in [1.82, 2.24) is 10.3 Å². The van der Waals surface area contributed by atoms with Crippen molar-refractivity contribution < 1.29 is 14.3 Å². The van der Waals surface area contributed by atoms with Gasteiger partial charge in [-0.3, -0.25) is 9.59 Å². The standard InChI is InChI=1S/C22H21N3O3/c1-15(2)24-20(26)16-10-12-17(13-11-16)25-21(27)19-9-6-14-23-22(19)28-18-7-4-3-5-8-18/h3-15H,1-2H3,(H,24,26)(H,25,27). The number of aromatic nitrogens is 1. The molecule has 3 aromatic rings. The predicted octanol–water partition coefficient (Wildman–Crippen LogP) is 4.26. The number of nitrogens with one attached hydrogen (secondary N) is 2. The lowest BCUT2D eigenvalue weighted by Crippen LogP contribution is -2.30. The van der Waals surface area contributed by atoms with Crippen LogP contribution in [0, 0.1) is 0 Å². The van der Waals surface area contributed by atoms with Crippen LogP contribution in [0.2, 0.25) is 0 Å². The van der Waals surface area contributed by atoms with Gasteiger partial charge in [-0.15, -0.1) is 0 Å². The van der Waals surface area contributed by atoms with Crippen molar-refractivity contribution in [2.24, 2.45) is 0 Å². The molecule has 6 heteroatoms. The van der Waals surface area contributed by atoms with Crippen LogP contribution in [-0.4, -0.2) is 22.8 Å². The van der Waals surface area contributed by atoms with Gasteiger partial charge in [0.05, 0.1) is 0 Å². The second kappa shape index (κ2) is 8.81. The molecule has 0 radical (unpaired) electrons. The van der Waals surface area contributed by atoms with Gasteiger partial charge in [-0.1, -0.05) is 18.2 Å². The van der Waals surface area contributed by atoms with Gasteiger partial charge >= 0.3 is 0 Å². The highest BCUT2D eigenvalue weighted by atomic mass is 16.5. The van der Waals surface area contributed by atoms with E-state index in [0.29, 0.717) is 22.6 Å². The first-order chi connectivity index (χ1) is 13.5. The number of hydrogen-bond donors (Lipinski definition) is 2. The number of benzene rings is 2. The Morgan fingerprint density at radius 2 is 1.61 bits per heavy atom. The Hall–Kier alpha value is -3.67. The molecule has 1 heterocycles. The molecule has 0 saturated carbocycles. The molecule has 2 N–H and O–H groups in total. The zero-order valence-corrected chi connectivity index (χ0v) is 15.7. The normalized spacial score (nSPS) is 10.4. The molecule has 0 aliphatic heterocycles. The third-order valence-corrected chi connectivity index (χ3v) is 3.80. The molecule has 3 rings (SSSR count). The largest absolute Gasteiger partial charge is 0.438 e. The molecule has 142 valence electrons.